The number of H-pyrrole nitrogens is 2. The minimum Gasteiger partial charge on any atom is -0.315 e. The number of hydrogen-bond donors (Lipinski definition) is 2. The average Bonchev–Trinajstić information content (AvgIpc) is 2.54. The molecule has 0 amide bonds. The van der Waals surface area contributed by atoms with Crippen LogP contribution < -0.4 is 11.1 Å². The molecule has 82 valence electrons. The minimum absolute atomic E-state index is 0.433. The SMILES string of the molecule is Cc1c(CCC#N)sc2[nH]c(=O)c(=O)[nH]c12. The van der Waals surface area contributed by atoms with E-state index in [0.717, 1.165) is 10.4 Å². The highest BCUT2D eigenvalue weighted by molar-refractivity contribution is 7.18. The molecule has 2 rings (SSSR count). The van der Waals surface area contributed by atoms with Crippen LogP contribution in [0.3, 0.4) is 0 Å². The quantitative estimate of drug-likeness (QED) is 0.762. The molecule has 0 saturated heterocycles. The number of hydrogen-bond acceptors (Lipinski definition) is 4. The third-order valence-electron chi connectivity index (χ3n) is 2.38. The zero-order valence-corrected chi connectivity index (χ0v) is 9.40. The van der Waals surface area contributed by atoms with Gasteiger partial charge in [0.15, 0.2) is 0 Å². The van der Waals surface area contributed by atoms with Gasteiger partial charge in [-0.1, -0.05) is 0 Å². The van der Waals surface area contributed by atoms with Crippen molar-refractivity contribution in [2.24, 2.45) is 0 Å². The molecule has 0 unspecified atom stereocenters. The number of nitrogens with zero attached hydrogens (tertiary/aromatic N) is 1. The fourth-order valence-electron chi connectivity index (χ4n) is 1.54. The van der Waals surface area contributed by atoms with Crippen LogP contribution in [0, 0.1) is 18.3 Å². The van der Waals surface area contributed by atoms with Gasteiger partial charge in [0, 0.05) is 11.3 Å². The van der Waals surface area contributed by atoms with Crippen LogP contribution in [0.2, 0.25) is 0 Å². The van der Waals surface area contributed by atoms with Gasteiger partial charge in [-0.3, -0.25) is 9.59 Å². The number of aromatic nitrogens is 2. The highest BCUT2D eigenvalue weighted by Crippen LogP contribution is 2.27. The predicted molar refractivity (Wildman–Crippen MR) is 61.7 cm³/mol. The van der Waals surface area contributed by atoms with E-state index in [1.54, 1.807) is 0 Å². The van der Waals surface area contributed by atoms with Crippen molar-refractivity contribution in [1.29, 1.82) is 5.26 Å². The lowest BCUT2D eigenvalue weighted by molar-refractivity contribution is 1.02. The number of nitrogens with one attached hydrogen (secondary N) is 2. The molecule has 0 spiro atoms. The normalized spacial score (nSPS) is 10.5. The molecule has 0 aliphatic heterocycles. The number of thiophene rings is 1. The van der Waals surface area contributed by atoms with Crippen LogP contribution in [0.15, 0.2) is 9.59 Å². The first-order chi connectivity index (χ1) is 7.63. The van der Waals surface area contributed by atoms with Crippen LogP contribution >= 0.6 is 11.3 Å². The van der Waals surface area contributed by atoms with Crippen LogP contribution in [0.5, 0.6) is 0 Å². The maximum absolute atomic E-state index is 11.2. The van der Waals surface area contributed by atoms with Crippen molar-refractivity contribution in [3.63, 3.8) is 0 Å². The van der Waals surface area contributed by atoms with Crippen LogP contribution in [-0.2, 0) is 6.42 Å². The van der Waals surface area contributed by atoms with Crippen molar-refractivity contribution in [3.05, 3.63) is 31.1 Å². The van der Waals surface area contributed by atoms with E-state index >= 15 is 0 Å². The molecule has 0 radical (unpaired) electrons. The number of aromatic amines is 2. The van der Waals surface area contributed by atoms with Crippen molar-refractivity contribution in [3.8, 4) is 6.07 Å². The lowest BCUT2D eigenvalue weighted by atomic mass is 10.2. The first-order valence-corrected chi connectivity index (χ1v) is 5.56. The topological polar surface area (TPSA) is 89.5 Å². The van der Waals surface area contributed by atoms with Crippen molar-refractivity contribution in [1.82, 2.24) is 9.97 Å². The molecule has 0 aromatic carbocycles. The Labute approximate surface area is 94.4 Å². The van der Waals surface area contributed by atoms with Gasteiger partial charge in [0.2, 0.25) is 0 Å². The highest BCUT2D eigenvalue weighted by Gasteiger charge is 2.10. The third kappa shape index (κ3) is 1.66. The minimum atomic E-state index is -0.639. The molecule has 5 nitrogen and oxygen atoms in total. The number of aryl methyl sites for hydroxylation is 2. The second-order valence-electron chi connectivity index (χ2n) is 3.42. The molecule has 0 aliphatic rings. The molecular formula is C10H9N3O2S. The molecule has 0 saturated carbocycles. The molecule has 6 heteroatoms. The van der Waals surface area contributed by atoms with Gasteiger partial charge in [0.1, 0.15) is 4.83 Å². The summed E-state index contributed by atoms with van der Waals surface area (Å²) in [5.41, 5.74) is 0.326. The summed E-state index contributed by atoms with van der Waals surface area (Å²) in [4.78, 5) is 29.1. The Hall–Kier alpha value is -1.87. The van der Waals surface area contributed by atoms with Crippen molar-refractivity contribution < 1.29 is 0 Å². The van der Waals surface area contributed by atoms with Gasteiger partial charge in [0.05, 0.1) is 11.6 Å². The second-order valence-corrected chi connectivity index (χ2v) is 4.53. The summed E-state index contributed by atoms with van der Waals surface area (Å²) >= 11 is 1.41. The fourth-order valence-corrected chi connectivity index (χ4v) is 2.69. The monoisotopic (exact) mass is 235 g/mol. The van der Waals surface area contributed by atoms with Crippen LogP contribution in [0.1, 0.15) is 16.9 Å². The highest BCUT2D eigenvalue weighted by atomic mass is 32.1. The Kier molecular flexibility index (Phi) is 2.62. The molecule has 2 N–H and O–H groups in total. The van der Waals surface area contributed by atoms with Crippen molar-refractivity contribution >= 4 is 21.7 Å². The summed E-state index contributed by atoms with van der Waals surface area (Å²) in [6, 6.07) is 2.07. The molecule has 0 atom stereocenters. The van der Waals surface area contributed by atoms with Crippen LogP contribution in [0.4, 0.5) is 0 Å². The summed E-state index contributed by atoms with van der Waals surface area (Å²) in [5.74, 6) is 0. The Morgan fingerprint density at radius 1 is 1.31 bits per heavy atom. The van der Waals surface area contributed by atoms with E-state index < -0.39 is 11.1 Å². The molecule has 0 fully saturated rings. The van der Waals surface area contributed by atoms with E-state index in [2.05, 4.69) is 16.0 Å². The van der Waals surface area contributed by atoms with Crippen molar-refractivity contribution in [2.75, 3.05) is 0 Å². The molecular weight excluding hydrogens is 226 g/mol. The number of rotatable bonds is 2. The molecule has 0 bridgehead atoms. The third-order valence-corrected chi connectivity index (χ3v) is 3.65. The Balaban J connectivity index is 2.65. The van der Waals surface area contributed by atoms with E-state index in [1.807, 2.05) is 6.92 Å². The van der Waals surface area contributed by atoms with Gasteiger partial charge < -0.3 is 9.97 Å². The lowest BCUT2D eigenvalue weighted by Crippen LogP contribution is -2.28. The first kappa shape index (κ1) is 10.6. The van der Waals surface area contributed by atoms with E-state index in [4.69, 9.17) is 5.26 Å². The standard InChI is InChI=1S/C10H9N3O2S/c1-5-6(3-2-4-11)16-10-7(5)12-8(14)9(15)13-10/h2-3H2,1H3,(H,12,14)(H,13,15). The maximum atomic E-state index is 11.2. The lowest BCUT2D eigenvalue weighted by Gasteiger charge is -1.93. The van der Waals surface area contributed by atoms with E-state index in [0.29, 0.717) is 23.2 Å². The van der Waals surface area contributed by atoms with Crippen LogP contribution in [0.25, 0.3) is 10.3 Å². The second kappa shape index (κ2) is 3.94. The molecule has 16 heavy (non-hydrogen) atoms. The number of nitriles is 1. The zero-order valence-electron chi connectivity index (χ0n) is 8.59. The first-order valence-electron chi connectivity index (χ1n) is 4.75. The zero-order chi connectivity index (χ0) is 11.7. The van der Waals surface area contributed by atoms with Gasteiger partial charge in [-0.15, -0.1) is 11.3 Å². The van der Waals surface area contributed by atoms with Crippen molar-refractivity contribution in [2.45, 2.75) is 19.8 Å². The summed E-state index contributed by atoms with van der Waals surface area (Å²) in [7, 11) is 0. The summed E-state index contributed by atoms with van der Waals surface area (Å²) in [6.45, 7) is 1.87. The molecule has 0 aliphatic carbocycles. The summed E-state index contributed by atoms with van der Waals surface area (Å²) < 4.78 is 0. The van der Waals surface area contributed by atoms with Gasteiger partial charge in [-0.2, -0.15) is 5.26 Å². The smallest absolute Gasteiger partial charge is 0.314 e. The van der Waals surface area contributed by atoms with Crippen LogP contribution in [-0.4, -0.2) is 9.97 Å². The van der Waals surface area contributed by atoms with E-state index in [-0.39, 0.29) is 0 Å². The molecule has 2 aromatic rings. The fraction of sp³-hybridized carbons (Fsp3) is 0.300. The summed E-state index contributed by atoms with van der Waals surface area (Å²) in [6.07, 6.45) is 1.08. The average molecular weight is 235 g/mol. The van der Waals surface area contributed by atoms with Gasteiger partial charge in [-0.25, -0.2) is 0 Å². The Morgan fingerprint density at radius 3 is 2.69 bits per heavy atom. The molecule has 2 heterocycles. The summed E-state index contributed by atoms with van der Waals surface area (Å²) in [5, 5.41) is 8.52. The molecule has 2 aromatic heterocycles. The van der Waals surface area contributed by atoms with E-state index in [1.165, 1.54) is 11.3 Å². The van der Waals surface area contributed by atoms with Gasteiger partial charge >= 0.3 is 11.1 Å². The Morgan fingerprint density at radius 2 is 2.00 bits per heavy atom. The predicted octanol–water partition coefficient (Wildman–Crippen LogP) is 1.04. The van der Waals surface area contributed by atoms with Gasteiger partial charge in [-0.05, 0) is 18.9 Å². The largest absolute Gasteiger partial charge is 0.315 e. The number of fused-ring (bicyclic) bond motifs is 1. The van der Waals surface area contributed by atoms with E-state index in [9.17, 15) is 9.59 Å². The van der Waals surface area contributed by atoms with Gasteiger partial charge in [0.25, 0.3) is 0 Å². The Bertz CT molecular complexity index is 687. The maximum Gasteiger partial charge on any atom is 0.314 e.